The zero-order valence-corrected chi connectivity index (χ0v) is 27.3. The van der Waals surface area contributed by atoms with Crippen LogP contribution in [0.15, 0.2) is 23.6 Å². The molecular formula is C26H44N6O6Si2. The Kier molecular flexibility index (Phi) is 7.79. The predicted molar refractivity (Wildman–Crippen MR) is 152 cm³/mol. The number of hydroxylamine groups is 2. The van der Waals surface area contributed by atoms with Crippen LogP contribution in [-0.4, -0.2) is 84.5 Å². The molecule has 222 valence electrons. The summed E-state index contributed by atoms with van der Waals surface area (Å²) < 4.78 is 31.6. The Morgan fingerprint density at radius 3 is 2.25 bits per heavy atom. The van der Waals surface area contributed by atoms with Gasteiger partial charge in [-0.2, -0.15) is 15.1 Å². The van der Waals surface area contributed by atoms with Gasteiger partial charge in [0.15, 0.2) is 18.1 Å². The lowest BCUT2D eigenvalue weighted by Crippen LogP contribution is -2.71. The maximum absolute atomic E-state index is 13.5. The molecule has 40 heavy (non-hydrogen) atoms. The Morgan fingerprint density at radius 2 is 1.68 bits per heavy atom. The van der Waals surface area contributed by atoms with Gasteiger partial charge in [0, 0.05) is 18.8 Å². The van der Waals surface area contributed by atoms with Crippen LogP contribution in [0.1, 0.15) is 67.2 Å². The van der Waals surface area contributed by atoms with E-state index in [4.69, 9.17) is 22.5 Å². The van der Waals surface area contributed by atoms with E-state index in [9.17, 15) is 4.79 Å². The van der Waals surface area contributed by atoms with Crippen molar-refractivity contribution < 1.29 is 22.5 Å². The van der Waals surface area contributed by atoms with E-state index in [1.165, 1.54) is 21.9 Å². The minimum absolute atomic E-state index is 0.154. The smallest absolute Gasteiger partial charge is 0.351 e. The number of hydrogen-bond donors (Lipinski definition) is 0. The summed E-state index contributed by atoms with van der Waals surface area (Å²) in [5.74, 6) is 0.422. The molecule has 1 unspecified atom stereocenters. The van der Waals surface area contributed by atoms with Crippen molar-refractivity contribution in [2.45, 2.75) is 109 Å². The summed E-state index contributed by atoms with van der Waals surface area (Å²) in [5, 5.41) is 5.92. The third-order valence-electron chi connectivity index (χ3n) is 8.65. The van der Waals surface area contributed by atoms with Crippen molar-refractivity contribution in [1.29, 1.82) is 0 Å². The van der Waals surface area contributed by atoms with Crippen LogP contribution in [0.5, 0.6) is 0 Å². The molecule has 3 aliphatic rings. The van der Waals surface area contributed by atoms with Crippen molar-refractivity contribution in [2.75, 3.05) is 20.2 Å². The van der Waals surface area contributed by atoms with Gasteiger partial charge in [-0.25, -0.2) is 14.5 Å². The van der Waals surface area contributed by atoms with E-state index >= 15 is 0 Å². The highest BCUT2D eigenvalue weighted by molar-refractivity contribution is 6.84. The second-order valence-corrected chi connectivity index (χ2v) is 21.5. The van der Waals surface area contributed by atoms with Crippen LogP contribution in [0.25, 0.3) is 5.82 Å². The highest BCUT2D eigenvalue weighted by Gasteiger charge is 2.68. The van der Waals surface area contributed by atoms with Gasteiger partial charge in [-0.05, 0) is 29.1 Å². The molecule has 5 rings (SSSR count). The van der Waals surface area contributed by atoms with Crippen molar-refractivity contribution in [2.24, 2.45) is 0 Å². The largest absolute Gasteiger partial charge is 0.414 e. The Balaban J connectivity index is 1.63. The molecule has 0 amide bonds. The summed E-state index contributed by atoms with van der Waals surface area (Å²) in [4.78, 5) is 28.2. The summed E-state index contributed by atoms with van der Waals surface area (Å²) in [6.07, 6.45) is 2.83. The highest BCUT2D eigenvalue weighted by Crippen LogP contribution is 2.53. The van der Waals surface area contributed by atoms with Crippen LogP contribution in [0.3, 0.4) is 0 Å². The minimum atomic E-state index is -2.92. The third-order valence-corrected chi connectivity index (χ3v) is 18.9. The van der Waals surface area contributed by atoms with E-state index in [0.29, 0.717) is 19.0 Å². The molecule has 0 spiro atoms. The van der Waals surface area contributed by atoms with Crippen molar-refractivity contribution in [3.8, 4) is 5.82 Å². The van der Waals surface area contributed by atoms with Crippen LogP contribution in [0.2, 0.25) is 22.2 Å². The maximum atomic E-state index is 13.5. The average molecular weight is 593 g/mol. The standard InChI is InChI=1S/C26H44N6O6Si2/c1-16(2)39(17(3)4)34-13-26-12-30(10)36-21(22(26)37-40(38-39,18(5)6)19(7)8)24(35-26)31-11-20(9)23(29-25(31)33)32-15-27-14-28-32/h11,14-19,21-22,24H,12-13H2,1-10H3/t21?,22-,24-,26-/m1/s1. The lowest BCUT2D eigenvalue weighted by Gasteiger charge is -2.55. The van der Waals surface area contributed by atoms with E-state index < -0.39 is 46.8 Å². The van der Waals surface area contributed by atoms with E-state index in [-0.39, 0.29) is 22.2 Å². The molecule has 12 nitrogen and oxygen atoms in total. The molecule has 4 atom stereocenters. The first-order valence-corrected chi connectivity index (χ1v) is 18.2. The first-order valence-electron chi connectivity index (χ1n) is 14.3. The molecule has 3 saturated heterocycles. The number of aryl methyl sites for hydroxylation is 1. The topological polar surface area (TPSA) is 115 Å². The van der Waals surface area contributed by atoms with E-state index in [1.54, 1.807) is 11.3 Å². The number of hydrogen-bond acceptors (Lipinski definition) is 10. The number of aromatic nitrogens is 5. The quantitative estimate of drug-likeness (QED) is 0.461. The monoisotopic (exact) mass is 592 g/mol. The lowest BCUT2D eigenvalue weighted by molar-refractivity contribution is -0.257. The third kappa shape index (κ3) is 4.56. The molecule has 0 aliphatic carbocycles. The fourth-order valence-corrected chi connectivity index (χ4v) is 18.0. The summed E-state index contributed by atoms with van der Waals surface area (Å²) >= 11 is 0. The van der Waals surface area contributed by atoms with Crippen molar-refractivity contribution in [3.63, 3.8) is 0 Å². The Bertz CT molecular complexity index is 1250. The minimum Gasteiger partial charge on any atom is -0.414 e. The second-order valence-electron chi connectivity index (χ2n) is 12.7. The second kappa shape index (κ2) is 10.5. The fourth-order valence-electron chi connectivity index (χ4n) is 6.67. The Hall–Kier alpha value is -1.79. The molecule has 0 aromatic carbocycles. The van der Waals surface area contributed by atoms with Gasteiger partial charge in [-0.1, -0.05) is 55.4 Å². The lowest BCUT2D eigenvalue weighted by atomic mass is 9.94. The summed E-state index contributed by atoms with van der Waals surface area (Å²) in [7, 11) is -3.82. The molecule has 5 heterocycles. The van der Waals surface area contributed by atoms with Crippen LogP contribution in [0.4, 0.5) is 0 Å². The number of ether oxygens (including phenoxy) is 1. The zero-order chi connectivity index (χ0) is 29.2. The highest BCUT2D eigenvalue weighted by atomic mass is 28.5. The Labute approximate surface area is 238 Å². The summed E-state index contributed by atoms with van der Waals surface area (Å²) in [5.41, 5.74) is 0.149. The number of rotatable bonds is 6. The normalized spacial score (nSPS) is 30.2. The first kappa shape index (κ1) is 29.7. The molecular weight excluding hydrogens is 548 g/mol. The number of likely N-dealkylation sites (N-methyl/N-ethyl adjacent to an activating group) is 1. The van der Waals surface area contributed by atoms with Crippen LogP contribution < -0.4 is 5.69 Å². The molecule has 2 aromatic heterocycles. The van der Waals surface area contributed by atoms with Gasteiger partial charge in [0.05, 0.1) is 13.2 Å². The van der Waals surface area contributed by atoms with Gasteiger partial charge in [0.2, 0.25) is 0 Å². The first-order chi connectivity index (χ1) is 18.8. The SMILES string of the molecule is Cc1cn([C@@H]2O[C@]34CO[Si](C(C)C)(C(C)C)O[Si](C(C)C)(C(C)C)O[C@@H]3C2ON(C)C4)c(=O)nc1-n1cncn1. The molecule has 3 fully saturated rings. The zero-order valence-electron chi connectivity index (χ0n) is 25.3. The fraction of sp³-hybridized carbons (Fsp3) is 0.769. The molecule has 0 saturated carbocycles. The molecule has 0 radical (unpaired) electrons. The molecule has 2 aromatic rings. The van der Waals surface area contributed by atoms with Crippen molar-refractivity contribution in [1.82, 2.24) is 29.4 Å². The van der Waals surface area contributed by atoms with Gasteiger partial charge in [0.1, 0.15) is 24.4 Å². The molecule has 2 bridgehead atoms. The predicted octanol–water partition coefficient (Wildman–Crippen LogP) is 3.60. The van der Waals surface area contributed by atoms with Crippen molar-refractivity contribution in [3.05, 3.63) is 34.9 Å². The van der Waals surface area contributed by atoms with Gasteiger partial charge in [-0.3, -0.25) is 9.40 Å². The molecule has 0 N–H and O–H groups in total. The van der Waals surface area contributed by atoms with Gasteiger partial charge in [0.25, 0.3) is 0 Å². The van der Waals surface area contributed by atoms with Gasteiger partial charge >= 0.3 is 22.8 Å². The van der Waals surface area contributed by atoms with Crippen LogP contribution >= 0.6 is 0 Å². The maximum Gasteiger partial charge on any atom is 0.351 e. The molecule has 3 aliphatic heterocycles. The summed E-state index contributed by atoms with van der Waals surface area (Å²) in [6, 6.07) is 0. The summed E-state index contributed by atoms with van der Waals surface area (Å²) in [6.45, 7) is 20.2. The van der Waals surface area contributed by atoms with Crippen molar-refractivity contribution >= 4 is 17.1 Å². The van der Waals surface area contributed by atoms with E-state index in [2.05, 4.69) is 70.5 Å². The van der Waals surface area contributed by atoms with Gasteiger partial charge < -0.3 is 17.7 Å². The van der Waals surface area contributed by atoms with Gasteiger partial charge in [-0.15, -0.1) is 0 Å². The van der Waals surface area contributed by atoms with Crippen LogP contribution in [-0.2, 0) is 22.5 Å². The van der Waals surface area contributed by atoms with E-state index in [0.717, 1.165) is 5.56 Å². The number of nitrogens with zero attached hydrogens (tertiary/aromatic N) is 6. The van der Waals surface area contributed by atoms with Crippen LogP contribution in [0, 0.1) is 6.92 Å². The van der Waals surface area contributed by atoms with E-state index in [1.807, 2.05) is 14.0 Å². The Morgan fingerprint density at radius 1 is 1.02 bits per heavy atom. The average Bonchev–Trinajstić information content (AvgIpc) is 3.44. The molecule has 14 heteroatoms.